The van der Waals surface area contributed by atoms with E-state index in [1.54, 1.807) is 6.92 Å². The van der Waals surface area contributed by atoms with Crippen molar-refractivity contribution >= 4 is 22.1 Å². The molecule has 2 fully saturated rings. The van der Waals surface area contributed by atoms with E-state index in [1.165, 1.54) is 15.7 Å². The Labute approximate surface area is 137 Å². The van der Waals surface area contributed by atoms with Crippen molar-refractivity contribution in [2.45, 2.75) is 25.8 Å². The smallest absolute Gasteiger partial charge is 0.321 e. The highest BCUT2D eigenvalue weighted by atomic mass is 32.2. The number of hydrogen-bond acceptors (Lipinski definition) is 5. The van der Waals surface area contributed by atoms with Crippen LogP contribution in [0.5, 0.6) is 0 Å². The third-order valence-electron chi connectivity index (χ3n) is 4.38. The number of nitrogens with one attached hydrogen (secondary N) is 2. The summed E-state index contributed by atoms with van der Waals surface area (Å²) in [7, 11) is -1.94. The van der Waals surface area contributed by atoms with Crippen LogP contribution in [0.15, 0.2) is 0 Å². The minimum absolute atomic E-state index is 0.358. The summed E-state index contributed by atoms with van der Waals surface area (Å²) in [5, 5.41) is 4.57. The fourth-order valence-corrected chi connectivity index (χ4v) is 4.52. The summed E-state index contributed by atoms with van der Waals surface area (Å²) in [6.45, 7) is 4.54. The van der Waals surface area contributed by atoms with Crippen LogP contribution in [0.4, 0.5) is 4.79 Å². The molecule has 0 aliphatic carbocycles. The lowest BCUT2D eigenvalue weighted by atomic mass is 10.2. The predicted octanol–water partition coefficient (Wildman–Crippen LogP) is -1.21. The molecule has 2 aliphatic heterocycles. The van der Waals surface area contributed by atoms with Crippen molar-refractivity contribution < 1.29 is 18.0 Å². The first-order valence-corrected chi connectivity index (χ1v) is 9.28. The maximum Gasteiger partial charge on any atom is 0.321 e. The molecule has 23 heavy (non-hydrogen) atoms. The van der Waals surface area contributed by atoms with E-state index < -0.39 is 22.3 Å². The van der Waals surface area contributed by atoms with Gasteiger partial charge in [0, 0.05) is 46.3 Å². The lowest BCUT2D eigenvalue weighted by Crippen LogP contribution is -2.57. The van der Waals surface area contributed by atoms with Crippen LogP contribution in [0.3, 0.4) is 0 Å². The molecule has 0 spiro atoms. The first kappa shape index (κ1) is 18.1. The molecule has 2 aliphatic rings. The number of amides is 3. The standard InChI is InChI=1S/C13H25N5O4S/c1-11(12(19)15-13(20)14-2)16-7-9-18(10-8-16)23(21,22)17-5-3-4-6-17/h11H,3-10H2,1-2H3,(H2,14,15,19,20)/t11-/m0/s1. The second-order valence-electron chi connectivity index (χ2n) is 5.79. The third-order valence-corrected chi connectivity index (χ3v) is 6.42. The number of piperazine rings is 1. The molecule has 0 aromatic rings. The zero-order valence-corrected chi connectivity index (χ0v) is 14.4. The van der Waals surface area contributed by atoms with E-state index in [9.17, 15) is 18.0 Å². The van der Waals surface area contributed by atoms with E-state index in [0.29, 0.717) is 39.3 Å². The number of rotatable bonds is 4. The second kappa shape index (κ2) is 7.56. The average Bonchev–Trinajstić information content (AvgIpc) is 3.09. The Morgan fingerprint density at radius 2 is 1.48 bits per heavy atom. The second-order valence-corrected chi connectivity index (χ2v) is 7.72. The summed E-state index contributed by atoms with van der Waals surface area (Å²) in [4.78, 5) is 25.0. The van der Waals surface area contributed by atoms with Gasteiger partial charge in [-0.25, -0.2) is 4.79 Å². The quantitative estimate of drug-likeness (QED) is 0.664. The summed E-state index contributed by atoms with van der Waals surface area (Å²) < 4.78 is 28.0. The molecule has 2 rings (SSSR count). The highest BCUT2D eigenvalue weighted by Gasteiger charge is 2.35. The fraction of sp³-hybridized carbons (Fsp3) is 0.846. The Kier molecular flexibility index (Phi) is 5.95. The van der Waals surface area contributed by atoms with Crippen molar-refractivity contribution in [3.05, 3.63) is 0 Å². The van der Waals surface area contributed by atoms with E-state index >= 15 is 0 Å². The molecule has 1 atom stereocenters. The first-order chi connectivity index (χ1) is 10.9. The van der Waals surface area contributed by atoms with Crippen LogP contribution in [0.1, 0.15) is 19.8 Å². The number of carbonyl (C=O) groups excluding carboxylic acids is 2. The van der Waals surface area contributed by atoms with Crippen molar-refractivity contribution in [3.63, 3.8) is 0 Å². The Morgan fingerprint density at radius 3 is 2.00 bits per heavy atom. The predicted molar refractivity (Wildman–Crippen MR) is 84.9 cm³/mol. The van der Waals surface area contributed by atoms with Crippen molar-refractivity contribution in [1.29, 1.82) is 0 Å². The van der Waals surface area contributed by atoms with Gasteiger partial charge in [-0.3, -0.25) is 15.0 Å². The van der Waals surface area contributed by atoms with Gasteiger partial charge in [0.05, 0.1) is 6.04 Å². The summed E-state index contributed by atoms with van der Waals surface area (Å²) in [6, 6.07) is -1.03. The van der Waals surface area contributed by atoms with Crippen molar-refractivity contribution in [3.8, 4) is 0 Å². The molecular formula is C13H25N5O4S. The van der Waals surface area contributed by atoms with Crippen LogP contribution < -0.4 is 10.6 Å². The number of nitrogens with zero attached hydrogens (tertiary/aromatic N) is 3. The van der Waals surface area contributed by atoms with Gasteiger partial charge in [0.15, 0.2) is 0 Å². The average molecular weight is 347 g/mol. The number of carbonyl (C=O) groups is 2. The van der Waals surface area contributed by atoms with Crippen LogP contribution >= 0.6 is 0 Å². The highest BCUT2D eigenvalue weighted by Crippen LogP contribution is 2.18. The van der Waals surface area contributed by atoms with E-state index in [2.05, 4.69) is 10.6 Å². The molecule has 0 aromatic carbocycles. The van der Waals surface area contributed by atoms with Gasteiger partial charge >= 0.3 is 6.03 Å². The van der Waals surface area contributed by atoms with Gasteiger partial charge < -0.3 is 5.32 Å². The Bertz CT molecular complexity index is 539. The first-order valence-electron chi connectivity index (χ1n) is 7.88. The molecule has 2 heterocycles. The minimum atomic E-state index is -3.38. The molecule has 0 radical (unpaired) electrons. The molecule has 0 aromatic heterocycles. The van der Waals surface area contributed by atoms with Crippen molar-refractivity contribution in [2.24, 2.45) is 0 Å². The molecule has 9 nitrogen and oxygen atoms in total. The third kappa shape index (κ3) is 4.19. The summed E-state index contributed by atoms with van der Waals surface area (Å²) >= 11 is 0. The lowest BCUT2D eigenvalue weighted by molar-refractivity contribution is -0.125. The van der Waals surface area contributed by atoms with Crippen molar-refractivity contribution in [1.82, 2.24) is 24.1 Å². The molecule has 132 valence electrons. The van der Waals surface area contributed by atoms with Crippen LogP contribution in [0.25, 0.3) is 0 Å². The maximum absolute atomic E-state index is 12.5. The van der Waals surface area contributed by atoms with Gasteiger partial charge in [-0.05, 0) is 19.8 Å². The molecular weight excluding hydrogens is 322 g/mol. The van der Waals surface area contributed by atoms with Gasteiger partial charge in [0.25, 0.3) is 10.2 Å². The van der Waals surface area contributed by atoms with E-state index in [0.717, 1.165) is 12.8 Å². The summed E-state index contributed by atoms with van der Waals surface area (Å²) in [6.07, 6.45) is 1.83. The van der Waals surface area contributed by atoms with Crippen LogP contribution in [-0.2, 0) is 15.0 Å². The fourth-order valence-electron chi connectivity index (χ4n) is 2.85. The van der Waals surface area contributed by atoms with Gasteiger partial charge in [-0.15, -0.1) is 0 Å². The Hall–Kier alpha value is -1.23. The van der Waals surface area contributed by atoms with Crippen LogP contribution in [-0.4, -0.2) is 86.2 Å². The summed E-state index contributed by atoms with van der Waals surface area (Å²) in [5.41, 5.74) is 0. The van der Waals surface area contributed by atoms with Crippen molar-refractivity contribution in [2.75, 3.05) is 46.3 Å². The minimum Gasteiger partial charge on any atom is -0.341 e. The number of urea groups is 1. The zero-order valence-electron chi connectivity index (χ0n) is 13.6. The highest BCUT2D eigenvalue weighted by molar-refractivity contribution is 7.86. The molecule has 10 heteroatoms. The molecule has 3 amide bonds. The SMILES string of the molecule is CNC(=O)NC(=O)[C@H](C)N1CCN(S(=O)(=O)N2CCCC2)CC1. The van der Waals surface area contributed by atoms with Crippen LogP contribution in [0, 0.1) is 0 Å². The van der Waals surface area contributed by atoms with Crippen LogP contribution in [0.2, 0.25) is 0 Å². The molecule has 0 bridgehead atoms. The zero-order chi connectivity index (χ0) is 17.0. The van der Waals surface area contributed by atoms with E-state index in [4.69, 9.17) is 0 Å². The number of imide groups is 1. The maximum atomic E-state index is 12.5. The Morgan fingerprint density at radius 1 is 0.957 bits per heavy atom. The molecule has 2 saturated heterocycles. The van der Waals surface area contributed by atoms with Gasteiger partial charge in [0.2, 0.25) is 5.91 Å². The number of hydrogen-bond donors (Lipinski definition) is 2. The Balaban J connectivity index is 1.88. The van der Waals surface area contributed by atoms with E-state index in [1.807, 2.05) is 4.90 Å². The lowest BCUT2D eigenvalue weighted by Gasteiger charge is -2.37. The van der Waals surface area contributed by atoms with Gasteiger partial charge in [-0.2, -0.15) is 17.0 Å². The molecule has 0 unspecified atom stereocenters. The van der Waals surface area contributed by atoms with Gasteiger partial charge in [0.1, 0.15) is 0 Å². The monoisotopic (exact) mass is 347 g/mol. The van der Waals surface area contributed by atoms with E-state index in [-0.39, 0.29) is 5.91 Å². The largest absolute Gasteiger partial charge is 0.341 e. The van der Waals surface area contributed by atoms with Gasteiger partial charge in [-0.1, -0.05) is 0 Å². The molecule has 0 saturated carbocycles. The topological polar surface area (TPSA) is 102 Å². The molecule has 2 N–H and O–H groups in total. The summed E-state index contributed by atoms with van der Waals surface area (Å²) in [5.74, 6) is -0.389. The normalized spacial score (nSPS) is 22.7.